The van der Waals surface area contributed by atoms with Crippen molar-refractivity contribution in [1.82, 2.24) is 15.2 Å². The van der Waals surface area contributed by atoms with Crippen LogP contribution >= 0.6 is 0 Å². The number of likely N-dealkylation sites (N-methyl/N-ethyl adjacent to an activating group) is 1. The maximum atomic E-state index is 4.17. The summed E-state index contributed by atoms with van der Waals surface area (Å²) in [6.45, 7) is 6.61. The summed E-state index contributed by atoms with van der Waals surface area (Å²) in [6, 6.07) is 4.67. The van der Waals surface area contributed by atoms with Crippen molar-refractivity contribution in [3.8, 4) is 0 Å². The van der Waals surface area contributed by atoms with Gasteiger partial charge < -0.3 is 5.32 Å². The first-order valence-corrected chi connectivity index (χ1v) is 5.26. The largest absolute Gasteiger partial charge is 0.314 e. The summed E-state index contributed by atoms with van der Waals surface area (Å²) in [5.41, 5.74) is 1.32. The predicted octanol–water partition coefficient (Wildman–Crippen LogP) is 1.05. The molecular weight excluding hydrogens is 174 g/mol. The molecule has 0 aromatic carbocycles. The molecule has 0 saturated carbocycles. The van der Waals surface area contributed by atoms with Gasteiger partial charge in [0, 0.05) is 38.1 Å². The van der Waals surface area contributed by atoms with E-state index in [1.165, 1.54) is 5.56 Å². The molecule has 0 radical (unpaired) electrons. The fourth-order valence-electron chi connectivity index (χ4n) is 2.03. The zero-order valence-corrected chi connectivity index (χ0v) is 8.61. The van der Waals surface area contributed by atoms with Crippen molar-refractivity contribution in [3.63, 3.8) is 0 Å². The normalized spacial score (nSPS) is 23.6. The maximum absolute atomic E-state index is 4.17. The van der Waals surface area contributed by atoms with Gasteiger partial charge in [0.25, 0.3) is 0 Å². The highest BCUT2D eigenvalue weighted by atomic mass is 15.2. The molecule has 3 nitrogen and oxygen atoms in total. The molecule has 0 amide bonds. The number of aromatic nitrogens is 1. The van der Waals surface area contributed by atoms with Crippen LogP contribution in [0.2, 0.25) is 0 Å². The Hall–Kier alpha value is -0.930. The molecule has 0 aliphatic carbocycles. The fraction of sp³-hybridized carbons (Fsp3) is 0.545. The van der Waals surface area contributed by atoms with Crippen LogP contribution in [0.25, 0.3) is 0 Å². The van der Waals surface area contributed by atoms with Crippen LogP contribution < -0.4 is 5.32 Å². The van der Waals surface area contributed by atoms with Gasteiger partial charge in [-0.2, -0.15) is 0 Å². The third-order valence-electron chi connectivity index (χ3n) is 2.83. The van der Waals surface area contributed by atoms with Crippen LogP contribution in [-0.2, 0) is 0 Å². The molecular formula is C11H17N3. The quantitative estimate of drug-likeness (QED) is 0.757. The molecule has 1 atom stereocenters. The van der Waals surface area contributed by atoms with Gasteiger partial charge in [-0.15, -0.1) is 0 Å². The fourth-order valence-corrected chi connectivity index (χ4v) is 2.03. The molecule has 76 valence electrons. The third kappa shape index (κ3) is 1.94. The molecule has 0 spiro atoms. The van der Waals surface area contributed by atoms with E-state index >= 15 is 0 Å². The SMILES string of the molecule is CCN1CCNCC1c1cccnc1. The first kappa shape index (κ1) is 9.62. The second-order valence-corrected chi connectivity index (χ2v) is 3.63. The molecule has 0 bridgehead atoms. The number of nitrogens with zero attached hydrogens (tertiary/aromatic N) is 2. The molecule has 14 heavy (non-hydrogen) atoms. The van der Waals surface area contributed by atoms with E-state index in [-0.39, 0.29) is 0 Å². The van der Waals surface area contributed by atoms with E-state index in [2.05, 4.69) is 28.2 Å². The van der Waals surface area contributed by atoms with Gasteiger partial charge in [0.1, 0.15) is 0 Å². The van der Waals surface area contributed by atoms with Gasteiger partial charge in [0.05, 0.1) is 0 Å². The van der Waals surface area contributed by atoms with Gasteiger partial charge in [-0.1, -0.05) is 13.0 Å². The van der Waals surface area contributed by atoms with E-state index in [1.54, 1.807) is 0 Å². The molecule has 1 fully saturated rings. The summed E-state index contributed by atoms with van der Waals surface area (Å²) in [6.07, 6.45) is 3.80. The van der Waals surface area contributed by atoms with Crippen molar-refractivity contribution in [3.05, 3.63) is 30.1 Å². The average Bonchev–Trinajstić information content (AvgIpc) is 2.30. The van der Waals surface area contributed by atoms with Crippen LogP contribution in [0.5, 0.6) is 0 Å². The summed E-state index contributed by atoms with van der Waals surface area (Å²) < 4.78 is 0. The molecule has 1 unspecified atom stereocenters. The lowest BCUT2D eigenvalue weighted by Crippen LogP contribution is -2.45. The molecule has 1 aromatic rings. The predicted molar refractivity (Wildman–Crippen MR) is 57.1 cm³/mol. The highest BCUT2D eigenvalue weighted by molar-refractivity contribution is 5.15. The van der Waals surface area contributed by atoms with E-state index in [9.17, 15) is 0 Å². The summed E-state index contributed by atoms with van der Waals surface area (Å²) >= 11 is 0. The Labute approximate surface area is 85.1 Å². The van der Waals surface area contributed by atoms with Crippen molar-refractivity contribution < 1.29 is 0 Å². The highest BCUT2D eigenvalue weighted by Gasteiger charge is 2.21. The Morgan fingerprint density at radius 1 is 1.64 bits per heavy atom. The van der Waals surface area contributed by atoms with E-state index in [0.717, 1.165) is 26.2 Å². The minimum absolute atomic E-state index is 0.502. The minimum atomic E-state index is 0.502. The molecule has 2 heterocycles. The first-order valence-electron chi connectivity index (χ1n) is 5.26. The second kappa shape index (κ2) is 4.53. The van der Waals surface area contributed by atoms with Crippen molar-refractivity contribution in [2.75, 3.05) is 26.2 Å². The first-order chi connectivity index (χ1) is 6.92. The molecule has 1 saturated heterocycles. The number of hydrogen-bond donors (Lipinski definition) is 1. The number of nitrogens with one attached hydrogen (secondary N) is 1. The molecule has 2 rings (SSSR count). The molecule has 1 aliphatic heterocycles. The van der Waals surface area contributed by atoms with Crippen molar-refractivity contribution in [1.29, 1.82) is 0 Å². The van der Waals surface area contributed by atoms with Gasteiger partial charge in [-0.25, -0.2) is 0 Å². The van der Waals surface area contributed by atoms with Gasteiger partial charge in [-0.05, 0) is 18.2 Å². The van der Waals surface area contributed by atoms with E-state index in [1.807, 2.05) is 18.5 Å². The molecule has 1 aromatic heterocycles. The smallest absolute Gasteiger partial charge is 0.0488 e. The van der Waals surface area contributed by atoms with E-state index < -0.39 is 0 Å². The third-order valence-corrected chi connectivity index (χ3v) is 2.83. The molecule has 1 N–H and O–H groups in total. The Bertz CT molecular complexity index is 273. The van der Waals surface area contributed by atoms with Crippen molar-refractivity contribution in [2.45, 2.75) is 13.0 Å². The Kier molecular flexibility index (Phi) is 3.11. The topological polar surface area (TPSA) is 28.2 Å². The zero-order chi connectivity index (χ0) is 9.80. The van der Waals surface area contributed by atoms with Crippen LogP contribution in [-0.4, -0.2) is 36.1 Å². The van der Waals surface area contributed by atoms with Gasteiger partial charge in [-0.3, -0.25) is 9.88 Å². The average molecular weight is 191 g/mol. The van der Waals surface area contributed by atoms with Gasteiger partial charge >= 0.3 is 0 Å². The van der Waals surface area contributed by atoms with E-state index in [4.69, 9.17) is 0 Å². The standard InChI is InChI=1S/C11H17N3/c1-2-14-7-6-13-9-11(14)10-4-3-5-12-8-10/h3-5,8,11,13H,2,6-7,9H2,1H3. The minimum Gasteiger partial charge on any atom is -0.314 e. The van der Waals surface area contributed by atoms with Gasteiger partial charge in [0.15, 0.2) is 0 Å². The van der Waals surface area contributed by atoms with Crippen LogP contribution in [0.15, 0.2) is 24.5 Å². The lowest BCUT2D eigenvalue weighted by molar-refractivity contribution is 0.170. The summed E-state index contributed by atoms with van der Waals surface area (Å²) in [4.78, 5) is 6.67. The van der Waals surface area contributed by atoms with Crippen molar-refractivity contribution in [2.24, 2.45) is 0 Å². The molecule has 3 heteroatoms. The maximum Gasteiger partial charge on any atom is 0.0488 e. The van der Waals surface area contributed by atoms with Crippen molar-refractivity contribution >= 4 is 0 Å². The van der Waals surface area contributed by atoms with Crippen LogP contribution in [0.4, 0.5) is 0 Å². The van der Waals surface area contributed by atoms with Crippen LogP contribution in [0.3, 0.4) is 0 Å². The Morgan fingerprint density at radius 2 is 2.57 bits per heavy atom. The van der Waals surface area contributed by atoms with Crippen LogP contribution in [0.1, 0.15) is 18.5 Å². The summed E-state index contributed by atoms with van der Waals surface area (Å²) in [5.74, 6) is 0. The highest BCUT2D eigenvalue weighted by Crippen LogP contribution is 2.20. The number of pyridine rings is 1. The molecule has 1 aliphatic rings. The number of piperazine rings is 1. The zero-order valence-electron chi connectivity index (χ0n) is 8.61. The number of rotatable bonds is 2. The lowest BCUT2D eigenvalue weighted by atomic mass is 10.1. The lowest BCUT2D eigenvalue weighted by Gasteiger charge is -2.35. The summed E-state index contributed by atoms with van der Waals surface area (Å²) in [5, 5.41) is 3.43. The monoisotopic (exact) mass is 191 g/mol. The number of hydrogen-bond acceptors (Lipinski definition) is 3. The van der Waals surface area contributed by atoms with Crippen LogP contribution in [0, 0.1) is 0 Å². The Morgan fingerprint density at radius 3 is 3.29 bits per heavy atom. The van der Waals surface area contributed by atoms with E-state index in [0.29, 0.717) is 6.04 Å². The summed E-state index contributed by atoms with van der Waals surface area (Å²) in [7, 11) is 0. The van der Waals surface area contributed by atoms with Gasteiger partial charge in [0.2, 0.25) is 0 Å². The Balaban J connectivity index is 2.15. The second-order valence-electron chi connectivity index (χ2n) is 3.63.